The molecule has 0 fully saturated rings. The second-order valence-corrected chi connectivity index (χ2v) is 9.73. The predicted octanol–water partition coefficient (Wildman–Crippen LogP) is 4.05. The molecule has 0 aromatic heterocycles. The molecule has 9 heteroatoms. The van der Waals surface area contributed by atoms with Gasteiger partial charge in [0.2, 0.25) is 0 Å². The number of ether oxygens (including phenoxy) is 2. The molecule has 1 unspecified atom stereocenters. The Morgan fingerprint density at radius 2 is 1.83 bits per heavy atom. The van der Waals surface area contributed by atoms with Gasteiger partial charge in [0, 0.05) is 12.6 Å². The van der Waals surface area contributed by atoms with Crippen LogP contribution in [0.25, 0.3) is 0 Å². The normalized spacial score (nSPS) is 12.6. The van der Waals surface area contributed by atoms with E-state index in [4.69, 9.17) is 21.1 Å². The van der Waals surface area contributed by atoms with Gasteiger partial charge in [0.1, 0.15) is 23.9 Å². The molecule has 0 aliphatic rings. The van der Waals surface area contributed by atoms with E-state index in [0.29, 0.717) is 30.2 Å². The quantitative estimate of drug-likeness (QED) is 0.577. The van der Waals surface area contributed by atoms with E-state index >= 15 is 0 Å². The molecule has 30 heavy (non-hydrogen) atoms. The van der Waals surface area contributed by atoms with Crippen LogP contribution in [-0.4, -0.2) is 57.4 Å². The van der Waals surface area contributed by atoms with Crippen LogP contribution in [0.3, 0.4) is 0 Å². The van der Waals surface area contributed by atoms with Gasteiger partial charge in [0.05, 0.1) is 21.6 Å². The number of sulfone groups is 1. The van der Waals surface area contributed by atoms with Gasteiger partial charge in [-0.05, 0) is 56.9 Å². The number of hydrogen-bond acceptors (Lipinski definition) is 6. The first-order chi connectivity index (χ1) is 14.0. The number of likely N-dealkylation sites (N-methyl/N-ethyl adjacent to an activating group) is 1. The van der Waals surface area contributed by atoms with Crippen molar-refractivity contribution in [2.24, 2.45) is 0 Å². The molecule has 0 saturated carbocycles. The minimum Gasteiger partial charge on any atom is -0.492 e. The zero-order valence-electron chi connectivity index (χ0n) is 17.4. The third-order valence-electron chi connectivity index (χ3n) is 4.45. The molecule has 0 bridgehead atoms. The number of carboxylic acid groups (broad SMARTS) is 1. The van der Waals surface area contributed by atoms with Crippen LogP contribution in [0.1, 0.15) is 25.3 Å². The fraction of sp³-hybridized carbons (Fsp3) is 0.381. The van der Waals surface area contributed by atoms with Gasteiger partial charge >= 0.3 is 5.97 Å². The van der Waals surface area contributed by atoms with Crippen LogP contribution >= 0.6 is 11.6 Å². The van der Waals surface area contributed by atoms with Crippen LogP contribution < -0.4 is 9.47 Å². The smallest absolute Gasteiger partial charge is 0.310 e. The Balaban J connectivity index is 2.35. The molecule has 1 N–H and O–H groups in total. The van der Waals surface area contributed by atoms with Crippen molar-refractivity contribution in [2.45, 2.75) is 24.7 Å². The molecule has 0 aliphatic carbocycles. The molecule has 2 rings (SSSR count). The first-order valence-corrected chi connectivity index (χ1v) is 11.4. The Morgan fingerprint density at radius 3 is 2.40 bits per heavy atom. The zero-order valence-corrected chi connectivity index (χ0v) is 19.0. The summed E-state index contributed by atoms with van der Waals surface area (Å²) in [5.41, 5.74) is 0.515. The lowest BCUT2D eigenvalue weighted by Gasteiger charge is -2.16. The van der Waals surface area contributed by atoms with Gasteiger partial charge in [0.15, 0.2) is 9.84 Å². The Hall–Kier alpha value is -2.29. The minimum atomic E-state index is -3.39. The van der Waals surface area contributed by atoms with Crippen molar-refractivity contribution in [3.05, 3.63) is 47.0 Å². The van der Waals surface area contributed by atoms with Crippen molar-refractivity contribution in [1.29, 1.82) is 0 Å². The maximum Gasteiger partial charge on any atom is 0.310 e. The fourth-order valence-electron chi connectivity index (χ4n) is 2.53. The molecule has 0 spiro atoms. The summed E-state index contributed by atoms with van der Waals surface area (Å²) in [4.78, 5) is 13.5. The van der Waals surface area contributed by atoms with Gasteiger partial charge in [-0.3, -0.25) is 4.79 Å². The second kappa shape index (κ2) is 10.1. The number of benzene rings is 2. The summed E-state index contributed by atoms with van der Waals surface area (Å²) in [7, 11) is 0.453. The zero-order chi connectivity index (χ0) is 22.5. The molecule has 7 nitrogen and oxygen atoms in total. The van der Waals surface area contributed by atoms with Gasteiger partial charge in [-0.25, -0.2) is 8.42 Å². The number of carbonyl (C=O) groups is 1. The number of carboxylic acids is 1. The second-order valence-electron chi connectivity index (χ2n) is 7.05. The van der Waals surface area contributed by atoms with Crippen LogP contribution in [0.5, 0.6) is 17.2 Å². The topological polar surface area (TPSA) is 93.1 Å². The molecular weight excluding hydrogens is 430 g/mol. The number of aliphatic carboxylic acids is 1. The monoisotopic (exact) mass is 455 g/mol. The summed E-state index contributed by atoms with van der Waals surface area (Å²) in [5, 5.41) is 9.50. The van der Waals surface area contributed by atoms with E-state index in [1.54, 1.807) is 32.0 Å². The van der Waals surface area contributed by atoms with Crippen molar-refractivity contribution in [1.82, 2.24) is 4.90 Å². The highest BCUT2D eigenvalue weighted by Crippen LogP contribution is 2.35. The van der Waals surface area contributed by atoms with Crippen molar-refractivity contribution in [2.75, 3.05) is 33.0 Å². The molecular formula is C21H26ClNO6S. The van der Waals surface area contributed by atoms with E-state index in [2.05, 4.69) is 0 Å². The molecule has 1 atom stereocenters. The molecule has 2 aromatic rings. The molecule has 164 valence electrons. The van der Waals surface area contributed by atoms with Crippen LogP contribution in [0.2, 0.25) is 5.02 Å². The predicted molar refractivity (Wildman–Crippen MR) is 116 cm³/mol. The number of halogens is 1. The maximum atomic E-state index is 12.0. The number of rotatable bonds is 10. The minimum absolute atomic E-state index is 0.0354. The molecule has 0 heterocycles. The van der Waals surface area contributed by atoms with Crippen molar-refractivity contribution in [3.63, 3.8) is 0 Å². The first kappa shape index (κ1) is 24.0. The van der Waals surface area contributed by atoms with Crippen molar-refractivity contribution < 1.29 is 27.8 Å². The largest absolute Gasteiger partial charge is 0.492 e. The fourth-order valence-corrected chi connectivity index (χ4v) is 3.72. The van der Waals surface area contributed by atoms with Crippen LogP contribution in [-0.2, 0) is 14.6 Å². The molecule has 0 radical (unpaired) electrons. The highest BCUT2D eigenvalue weighted by atomic mass is 35.5. The van der Waals surface area contributed by atoms with E-state index in [0.717, 1.165) is 0 Å². The van der Waals surface area contributed by atoms with E-state index in [1.165, 1.54) is 18.2 Å². The van der Waals surface area contributed by atoms with E-state index in [-0.39, 0.29) is 21.4 Å². The van der Waals surface area contributed by atoms with Gasteiger partial charge in [0.25, 0.3) is 0 Å². The molecule has 0 aliphatic heterocycles. The molecule has 2 aromatic carbocycles. The van der Waals surface area contributed by atoms with Gasteiger partial charge in [-0.2, -0.15) is 0 Å². The SMILES string of the molecule is CCS(=O)(=O)c1ccc(Oc2cc(OCCN(C)C)cc(C(C)C(=O)O)c2)c(Cl)c1. The Labute approximate surface area is 182 Å². The standard InChI is InChI=1S/C21H26ClNO6S/c1-5-30(26,27)18-6-7-20(19(22)13-18)29-17-11-15(14(2)21(24)25)10-16(12-17)28-9-8-23(3)4/h6-7,10-14H,5,8-9H2,1-4H3,(H,24,25). The van der Waals surface area contributed by atoms with E-state index in [1.807, 2.05) is 19.0 Å². The summed E-state index contributed by atoms with van der Waals surface area (Å²) < 4.78 is 35.6. The Bertz CT molecular complexity index is 1010. The third-order valence-corrected chi connectivity index (χ3v) is 6.48. The van der Waals surface area contributed by atoms with Crippen molar-refractivity contribution in [3.8, 4) is 17.2 Å². The van der Waals surface area contributed by atoms with E-state index in [9.17, 15) is 18.3 Å². The first-order valence-electron chi connectivity index (χ1n) is 9.39. The lowest BCUT2D eigenvalue weighted by molar-refractivity contribution is -0.138. The summed E-state index contributed by atoms with van der Waals surface area (Å²) in [6.07, 6.45) is 0. The van der Waals surface area contributed by atoms with Gasteiger partial charge in [-0.15, -0.1) is 0 Å². The lowest BCUT2D eigenvalue weighted by Crippen LogP contribution is -2.19. The Kier molecular flexibility index (Phi) is 8.11. The highest BCUT2D eigenvalue weighted by molar-refractivity contribution is 7.91. The third kappa shape index (κ3) is 6.35. The summed E-state index contributed by atoms with van der Waals surface area (Å²) >= 11 is 6.23. The van der Waals surface area contributed by atoms with Crippen LogP contribution in [0, 0.1) is 0 Å². The summed E-state index contributed by atoms with van der Waals surface area (Å²) in [6, 6.07) is 9.15. The average molecular weight is 456 g/mol. The van der Waals surface area contributed by atoms with Gasteiger partial charge < -0.3 is 19.5 Å². The summed E-state index contributed by atoms with van der Waals surface area (Å²) in [6.45, 7) is 4.23. The number of hydrogen-bond donors (Lipinski definition) is 1. The maximum absolute atomic E-state index is 12.0. The highest BCUT2D eigenvalue weighted by Gasteiger charge is 2.18. The lowest BCUT2D eigenvalue weighted by atomic mass is 10.0. The van der Waals surface area contributed by atoms with Crippen molar-refractivity contribution >= 4 is 27.4 Å². The van der Waals surface area contributed by atoms with Crippen LogP contribution in [0.15, 0.2) is 41.3 Å². The number of nitrogens with zero attached hydrogens (tertiary/aromatic N) is 1. The average Bonchev–Trinajstić information content (AvgIpc) is 2.68. The Morgan fingerprint density at radius 1 is 1.17 bits per heavy atom. The van der Waals surface area contributed by atoms with E-state index < -0.39 is 21.7 Å². The van der Waals surface area contributed by atoms with Gasteiger partial charge in [-0.1, -0.05) is 18.5 Å². The van der Waals surface area contributed by atoms with Crippen LogP contribution in [0.4, 0.5) is 0 Å². The molecule has 0 saturated heterocycles. The molecule has 0 amide bonds. The summed E-state index contributed by atoms with van der Waals surface area (Å²) in [5.74, 6) is -0.708.